The molecule has 2 rings (SSSR count). The van der Waals surface area contributed by atoms with Gasteiger partial charge in [-0.2, -0.15) is 0 Å². The van der Waals surface area contributed by atoms with Gasteiger partial charge in [0.2, 0.25) is 10.0 Å². The molecule has 1 fully saturated rings. The van der Waals surface area contributed by atoms with Crippen LogP contribution in [0.15, 0.2) is 17.0 Å². The molecule has 1 aromatic rings. The Kier molecular flexibility index (Phi) is 4.12. The van der Waals surface area contributed by atoms with Crippen LogP contribution in [-0.4, -0.2) is 27.5 Å². The second-order valence-corrected chi connectivity index (χ2v) is 6.05. The summed E-state index contributed by atoms with van der Waals surface area (Å²) >= 11 is 0. The summed E-state index contributed by atoms with van der Waals surface area (Å²) in [7, 11) is -4.19. The highest BCUT2D eigenvalue weighted by atomic mass is 32.2. The highest BCUT2D eigenvalue weighted by molar-refractivity contribution is 7.89. The van der Waals surface area contributed by atoms with E-state index in [0.717, 1.165) is 19.4 Å². The Balaban J connectivity index is 2.17. The average molecular weight is 294 g/mol. The van der Waals surface area contributed by atoms with E-state index in [1.807, 2.05) is 0 Å². The monoisotopic (exact) mass is 294 g/mol. The van der Waals surface area contributed by atoms with Crippen molar-refractivity contribution in [3.05, 3.63) is 29.6 Å². The van der Waals surface area contributed by atoms with E-state index in [1.54, 1.807) is 0 Å². The Morgan fingerprint density at radius 1 is 1.26 bits per heavy atom. The zero-order valence-electron chi connectivity index (χ0n) is 9.92. The maximum Gasteiger partial charge on any atom is 0.243 e. The third kappa shape index (κ3) is 3.07. The molecule has 1 heterocycles. The van der Waals surface area contributed by atoms with Gasteiger partial charge < -0.3 is 5.32 Å². The van der Waals surface area contributed by atoms with E-state index in [0.29, 0.717) is 12.1 Å². The van der Waals surface area contributed by atoms with Gasteiger partial charge in [-0.25, -0.2) is 26.3 Å². The van der Waals surface area contributed by atoms with Crippen molar-refractivity contribution in [3.8, 4) is 0 Å². The Morgan fingerprint density at radius 3 is 2.63 bits per heavy atom. The summed E-state index contributed by atoms with van der Waals surface area (Å²) in [5.74, 6) is -4.91. The summed E-state index contributed by atoms with van der Waals surface area (Å²) < 4.78 is 65.0. The molecule has 4 nitrogen and oxygen atoms in total. The van der Waals surface area contributed by atoms with Crippen LogP contribution < -0.4 is 10.0 Å². The van der Waals surface area contributed by atoms with Gasteiger partial charge in [0.15, 0.2) is 17.5 Å². The van der Waals surface area contributed by atoms with Gasteiger partial charge in [0.1, 0.15) is 4.90 Å². The molecule has 1 aromatic carbocycles. The van der Waals surface area contributed by atoms with Crippen molar-refractivity contribution < 1.29 is 21.6 Å². The zero-order valence-corrected chi connectivity index (χ0v) is 10.7. The number of rotatable bonds is 4. The van der Waals surface area contributed by atoms with E-state index in [2.05, 4.69) is 10.0 Å². The number of sulfonamides is 1. The molecular weight excluding hydrogens is 281 g/mol. The Labute approximate surface area is 109 Å². The molecule has 1 aliphatic heterocycles. The summed E-state index contributed by atoms with van der Waals surface area (Å²) in [6.07, 6.45) is 1.74. The lowest BCUT2D eigenvalue weighted by atomic mass is 10.2. The minimum atomic E-state index is -4.19. The predicted molar refractivity (Wildman–Crippen MR) is 62.5 cm³/mol. The lowest BCUT2D eigenvalue weighted by Crippen LogP contribution is -2.37. The van der Waals surface area contributed by atoms with E-state index in [9.17, 15) is 21.6 Å². The van der Waals surface area contributed by atoms with Gasteiger partial charge in [0.05, 0.1) is 0 Å². The fourth-order valence-electron chi connectivity index (χ4n) is 1.93. The van der Waals surface area contributed by atoms with E-state index in [4.69, 9.17) is 0 Å². The van der Waals surface area contributed by atoms with Crippen LogP contribution in [0.3, 0.4) is 0 Å². The number of hydrogen-bond donors (Lipinski definition) is 2. The van der Waals surface area contributed by atoms with E-state index < -0.39 is 32.4 Å². The van der Waals surface area contributed by atoms with Crippen LogP contribution in [0.2, 0.25) is 0 Å². The molecule has 1 unspecified atom stereocenters. The molecule has 0 saturated carbocycles. The van der Waals surface area contributed by atoms with Crippen LogP contribution in [0.5, 0.6) is 0 Å². The molecule has 0 radical (unpaired) electrons. The van der Waals surface area contributed by atoms with Crippen molar-refractivity contribution in [2.45, 2.75) is 23.8 Å². The number of halogens is 3. The van der Waals surface area contributed by atoms with Crippen molar-refractivity contribution >= 4 is 10.0 Å². The maximum atomic E-state index is 13.4. The molecular formula is C11H13F3N2O2S. The average Bonchev–Trinajstić information content (AvgIpc) is 2.86. The smallest absolute Gasteiger partial charge is 0.243 e. The number of benzene rings is 1. The highest BCUT2D eigenvalue weighted by Crippen LogP contribution is 2.19. The van der Waals surface area contributed by atoms with Crippen molar-refractivity contribution in [1.29, 1.82) is 0 Å². The molecule has 2 N–H and O–H groups in total. The van der Waals surface area contributed by atoms with Crippen LogP contribution in [0.25, 0.3) is 0 Å². The molecule has 0 spiro atoms. The molecule has 0 bridgehead atoms. The fourth-order valence-corrected chi connectivity index (χ4v) is 3.08. The summed E-state index contributed by atoms with van der Waals surface area (Å²) in [5, 5.41) is 3.06. The largest absolute Gasteiger partial charge is 0.313 e. The maximum absolute atomic E-state index is 13.4. The lowest BCUT2D eigenvalue weighted by Gasteiger charge is -2.12. The van der Waals surface area contributed by atoms with Crippen LogP contribution in [-0.2, 0) is 10.0 Å². The molecule has 1 aliphatic rings. The number of hydrogen-bond acceptors (Lipinski definition) is 3. The summed E-state index contributed by atoms with van der Waals surface area (Å²) in [5.41, 5.74) is 0. The number of nitrogens with one attached hydrogen (secondary N) is 2. The predicted octanol–water partition coefficient (Wildman–Crippen LogP) is 1.13. The van der Waals surface area contributed by atoms with Crippen molar-refractivity contribution in [2.75, 3.05) is 13.1 Å². The molecule has 0 aromatic heterocycles. The van der Waals surface area contributed by atoms with Crippen LogP contribution in [0.1, 0.15) is 12.8 Å². The normalized spacial score (nSPS) is 19.8. The van der Waals surface area contributed by atoms with Crippen LogP contribution in [0.4, 0.5) is 13.2 Å². The first kappa shape index (κ1) is 14.3. The van der Waals surface area contributed by atoms with Crippen molar-refractivity contribution in [3.63, 3.8) is 0 Å². The molecule has 1 atom stereocenters. The SMILES string of the molecule is O=S(=O)(NCC1CCCN1)c1ccc(F)c(F)c1F. The first-order valence-corrected chi connectivity index (χ1v) is 7.26. The molecule has 1 saturated heterocycles. The minimum absolute atomic E-state index is 0.0249. The standard InChI is InChI=1S/C11H13F3N2O2S/c12-8-3-4-9(11(14)10(8)13)19(17,18)16-6-7-2-1-5-15-7/h3-4,7,15-16H,1-2,5-6H2. The summed E-state index contributed by atoms with van der Waals surface area (Å²) in [6.45, 7) is 0.882. The lowest BCUT2D eigenvalue weighted by molar-refractivity contribution is 0.431. The third-order valence-electron chi connectivity index (χ3n) is 2.97. The Morgan fingerprint density at radius 2 is 2.00 bits per heavy atom. The van der Waals surface area contributed by atoms with Gasteiger partial charge in [0, 0.05) is 12.6 Å². The summed E-state index contributed by atoms with van der Waals surface area (Å²) in [4.78, 5) is -0.885. The molecule has 106 valence electrons. The minimum Gasteiger partial charge on any atom is -0.313 e. The van der Waals surface area contributed by atoms with Gasteiger partial charge in [-0.15, -0.1) is 0 Å². The second-order valence-electron chi connectivity index (χ2n) is 4.32. The molecule has 8 heteroatoms. The molecule has 19 heavy (non-hydrogen) atoms. The highest BCUT2D eigenvalue weighted by Gasteiger charge is 2.25. The van der Waals surface area contributed by atoms with Crippen molar-refractivity contribution in [2.24, 2.45) is 0 Å². The van der Waals surface area contributed by atoms with Crippen LogP contribution in [0, 0.1) is 17.5 Å². The van der Waals surface area contributed by atoms with Gasteiger partial charge in [0.25, 0.3) is 0 Å². The van der Waals surface area contributed by atoms with E-state index >= 15 is 0 Å². The Hall–Kier alpha value is -1.12. The molecule has 0 aliphatic carbocycles. The van der Waals surface area contributed by atoms with E-state index in [1.165, 1.54) is 0 Å². The van der Waals surface area contributed by atoms with Crippen molar-refractivity contribution in [1.82, 2.24) is 10.0 Å². The van der Waals surface area contributed by atoms with Gasteiger partial charge in [-0.3, -0.25) is 0 Å². The molecule has 0 amide bonds. The van der Waals surface area contributed by atoms with Gasteiger partial charge in [-0.1, -0.05) is 0 Å². The summed E-state index contributed by atoms with van der Waals surface area (Å²) in [6, 6.07) is 1.27. The third-order valence-corrected chi connectivity index (χ3v) is 4.41. The first-order chi connectivity index (χ1) is 8.92. The topological polar surface area (TPSA) is 58.2 Å². The fraction of sp³-hybridized carbons (Fsp3) is 0.455. The first-order valence-electron chi connectivity index (χ1n) is 5.78. The zero-order chi connectivity index (χ0) is 14.0. The van der Waals surface area contributed by atoms with Gasteiger partial charge in [-0.05, 0) is 31.5 Å². The second kappa shape index (κ2) is 5.48. The Bertz CT molecular complexity index is 572. The van der Waals surface area contributed by atoms with Gasteiger partial charge >= 0.3 is 0 Å². The quantitative estimate of drug-likeness (QED) is 0.819. The van der Waals surface area contributed by atoms with Crippen LogP contribution >= 0.6 is 0 Å². The van der Waals surface area contributed by atoms with E-state index in [-0.39, 0.29) is 12.6 Å².